The fourth-order valence-corrected chi connectivity index (χ4v) is 4.66. The van der Waals surface area contributed by atoms with E-state index in [0.29, 0.717) is 36.6 Å². The molecule has 0 amide bonds. The van der Waals surface area contributed by atoms with E-state index in [1.807, 2.05) is 48.7 Å². The van der Waals surface area contributed by atoms with Crippen LogP contribution in [0.4, 0.5) is 5.82 Å². The van der Waals surface area contributed by atoms with E-state index < -0.39 is 25.1 Å². The van der Waals surface area contributed by atoms with Crippen LogP contribution in [-0.2, 0) is 20.8 Å². The van der Waals surface area contributed by atoms with Crippen LogP contribution in [0.1, 0.15) is 45.3 Å². The van der Waals surface area contributed by atoms with Gasteiger partial charge in [0.15, 0.2) is 30.6 Å². The van der Waals surface area contributed by atoms with E-state index >= 15 is 0 Å². The summed E-state index contributed by atoms with van der Waals surface area (Å²) in [4.78, 5) is 38.2. The quantitative estimate of drug-likeness (QED) is 0.322. The van der Waals surface area contributed by atoms with Crippen molar-refractivity contribution in [3.8, 4) is 0 Å². The van der Waals surface area contributed by atoms with Gasteiger partial charge in [-0.25, -0.2) is 19.7 Å². The van der Waals surface area contributed by atoms with Crippen LogP contribution in [0.25, 0.3) is 11.2 Å². The Morgan fingerprint density at radius 1 is 1.26 bits per heavy atom. The van der Waals surface area contributed by atoms with Crippen molar-refractivity contribution in [1.82, 2.24) is 19.5 Å². The molecule has 0 fully saturated rings. The summed E-state index contributed by atoms with van der Waals surface area (Å²) >= 11 is 0. The zero-order valence-electron chi connectivity index (χ0n) is 19.9. The number of anilines is 1. The van der Waals surface area contributed by atoms with Crippen LogP contribution in [0, 0.1) is 0 Å². The van der Waals surface area contributed by atoms with Crippen molar-refractivity contribution in [1.29, 1.82) is 0 Å². The number of nitrogens with two attached hydrogens (primary N) is 1. The number of ether oxygens (including phenoxy) is 2. The van der Waals surface area contributed by atoms with Crippen molar-refractivity contribution in [2.75, 3.05) is 18.9 Å². The molecular weight excluding hydrogens is 455 g/mol. The van der Waals surface area contributed by atoms with Crippen LogP contribution >= 0.6 is 7.94 Å². The predicted octanol–water partition coefficient (Wildman–Crippen LogP) is 3.23. The van der Waals surface area contributed by atoms with E-state index in [9.17, 15) is 9.69 Å². The second kappa shape index (κ2) is 11.5. The first-order valence-corrected chi connectivity index (χ1v) is 12.4. The smallest absolute Gasteiger partial charge is 0.337 e. The lowest BCUT2D eigenvalue weighted by molar-refractivity contribution is -0.161. The summed E-state index contributed by atoms with van der Waals surface area (Å²) in [7, 11) is -2.18. The molecule has 2 aromatic heterocycles. The Morgan fingerprint density at radius 2 is 2.00 bits per heavy atom. The van der Waals surface area contributed by atoms with Gasteiger partial charge in [0.25, 0.3) is 0 Å². The number of fused-ring (bicyclic) bond motifs is 1. The zero-order valence-corrected chi connectivity index (χ0v) is 20.8. The van der Waals surface area contributed by atoms with Gasteiger partial charge in [0.2, 0.25) is 0 Å². The second-order valence-electron chi connectivity index (χ2n) is 8.50. The highest BCUT2D eigenvalue weighted by Crippen LogP contribution is 2.40. The molecule has 0 saturated carbocycles. The molecular formula is C23H31N6O4P. The van der Waals surface area contributed by atoms with E-state index in [1.54, 1.807) is 20.2 Å². The summed E-state index contributed by atoms with van der Waals surface area (Å²) in [5, 5.41) is 0. The Kier molecular flexibility index (Phi) is 8.66. The number of nitrogens with zero attached hydrogens (tertiary/aromatic N) is 5. The Labute approximate surface area is 200 Å². The summed E-state index contributed by atoms with van der Waals surface area (Å²) in [5.74, 6) is -0.174. The molecule has 2 heterocycles. The first-order chi connectivity index (χ1) is 16.2. The van der Waals surface area contributed by atoms with Gasteiger partial charge in [0.05, 0.1) is 32.2 Å². The number of benzene rings is 1. The first kappa shape index (κ1) is 25.7. The summed E-state index contributed by atoms with van der Waals surface area (Å²) in [6, 6.07) is 9.40. The first-order valence-electron chi connectivity index (χ1n) is 11.2. The zero-order chi connectivity index (χ0) is 24.7. The standard InChI is InChI=1S/C23H31N6O4P/c1-5-11-32-22(30)23(3,4)28-34(31)18(17-9-7-6-8-10-17)13-33-16(2)12-29-15-27-19-20(24)25-14-26-21(19)29/h6-10,14-16,18H,5,11-13H2,1-4H3,(H2,24,25,26). The fraction of sp³-hybridized carbons (Fsp3) is 0.478. The van der Waals surface area contributed by atoms with E-state index in [4.69, 9.17) is 15.2 Å². The monoisotopic (exact) mass is 486 g/mol. The molecule has 3 unspecified atom stereocenters. The molecule has 2 N–H and O–H groups in total. The minimum atomic E-state index is -2.18. The van der Waals surface area contributed by atoms with Crippen molar-refractivity contribution in [2.45, 2.75) is 58.0 Å². The number of aromatic nitrogens is 4. The predicted molar refractivity (Wildman–Crippen MR) is 129 cm³/mol. The van der Waals surface area contributed by atoms with Crippen molar-refractivity contribution in [3.05, 3.63) is 48.5 Å². The third-order valence-electron chi connectivity index (χ3n) is 5.16. The Morgan fingerprint density at radius 3 is 2.71 bits per heavy atom. The third-order valence-corrected chi connectivity index (χ3v) is 6.84. The van der Waals surface area contributed by atoms with Crippen LogP contribution in [0.5, 0.6) is 0 Å². The van der Waals surface area contributed by atoms with Gasteiger partial charge >= 0.3 is 5.97 Å². The molecule has 0 aliphatic rings. The Balaban J connectivity index is 1.75. The number of imidazole rings is 1. The summed E-state index contributed by atoms with van der Waals surface area (Å²) < 4.78 is 17.5. The maximum absolute atomic E-state index is 13.3. The van der Waals surface area contributed by atoms with Crippen molar-refractivity contribution in [2.24, 2.45) is 4.74 Å². The lowest BCUT2D eigenvalue weighted by atomic mass is 10.1. The molecule has 182 valence electrons. The number of esters is 1. The van der Waals surface area contributed by atoms with Gasteiger partial charge in [-0.1, -0.05) is 42.0 Å². The highest BCUT2D eigenvalue weighted by atomic mass is 31.1. The van der Waals surface area contributed by atoms with Crippen molar-refractivity contribution in [3.63, 3.8) is 0 Å². The van der Waals surface area contributed by atoms with Gasteiger partial charge in [-0.05, 0) is 27.2 Å². The van der Waals surface area contributed by atoms with E-state index in [0.717, 1.165) is 5.56 Å². The van der Waals surface area contributed by atoms with Gasteiger partial charge < -0.3 is 24.7 Å². The molecule has 0 radical (unpaired) electrons. The number of hydrogen-bond donors (Lipinski definition) is 1. The fourth-order valence-electron chi connectivity index (χ4n) is 3.31. The number of nitrogen functional groups attached to an aromatic ring is 1. The van der Waals surface area contributed by atoms with Crippen LogP contribution in [0.15, 0.2) is 47.7 Å². The highest BCUT2D eigenvalue weighted by molar-refractivity contribution is 7.39. The number of carbonyl (C=O) groups excluding carboxylic acids is 1. The number of hydrogen-bond acceptors (Lipinski definition) is 9. The Hall–Kier alpha value is -2.94. The summed E-state index contributed by atoms with van der Waals surface area (Å²) in [6.45, 7) is 7.98. The van der Waals surface area contributed by atoms with E-state index in [1.165, 1.54) is 6.33 Å². The molecule has 0 aliphatic carbocycles. The molecule has 1 aromatic carbocycles. The van der Waals surface area contributed by atoms with Crippen molar-refractivity contribution < 1.29 is 19.2 Å². The largest absolute Gasteiger partial charge is 0.612 e. The average Bonchev–Trinajstić information content (AvgIpc) is 3.22. The summed E-state index contributed by atoms with van der Waals surface area (Å²) in [6.07, 6.45) is 3.50. The molecule has 0 spiro atoms. The van der Waals surface area contributed by atoms with Gasteiger partial charge in [-0.3, -0.25) is 0 Å². The molecule has 34 heavy (non-hydrogen) atoms. The Bertz CT molecular complexity index is 1130. The van der Waals surface area contributed by atoms with Gasteiger partial charge in [0.1, 0.15) is 11.8 Å². The van der Waals surface area contributed by atoms with Crippen LogP contribution < -0.4 is 10.6 Å². The second-order valence-corrected chi connectivity index (χ2v) is 9.92. The minimum absolute atomic E-state index is 0.160. The maximum atomic E-state index is 13.3. The van der Waals surface area contributed by atoms with E-state index in [-0.39, 0.29) is 12.7 Å². The molecule has 3 rings (SSSR count). The molecule has 3 aromatic rings. The van der Waals surface area contributed by atoms with Crippen LogP contribution in [-0.4, -0.2) is 50.3 Å². The molecule has 11 heteroatoms. The highest BCUT2D eigenvalue weighted by Gasteiger charge is 2.35. The van der Waals surface area contributed by atoms with Gasteiger partial charge in [0, 0.05) is 5.56 Å². The normalized spacial score (nSPS) is 14.2. The topological polar surface area (TPSA) is 141 Å². The van der Waals surface area contributed by atoms with Crippen LogP contribution in [0.3, 0.4) is 0 Å². The molecule has 0 aliphatic heterocycles. The average molecular weight is 487 g/mol. The summed E-state index contributed by atoms with van der Waals surface area (Å²) in [5.41, 5.74) is 6.10. The lowest BCUT2D eigenvalue weighted by Gasteiger charge is -2.20. The van der Waals surface area contributed by atoms with E-state index in [2.05, 4.69) is 19.7 Å². The number of rotatable bonds is 11. The molecule has 0 bridgehead atoms. The van der Waals surface area contributed by atoms with Gasteiger partial charge in [-0.2, -0.15) is 0 Å². The van der Waals surface area contributed by atoms with Gasteiger partial charge in [-0.15, -0.1) is 0 Å². The minimum Gasteiger partial charge on any atom is -0.612 e. The molecule has 3 atom stereocenters. The molecule has 10 nitrogen and oxygen atoms in total. The number of carbonyl (C=O) groups is 1. The van der Waals surface area contributed by atoms with Crippen molar-refractivity contribution >= 4 is 30.9 Å². The van der Waals surface area contributed by atoms with Crippen LogP contribution in [0.2, 0.25) is 0 Å². The third kappa shape index (κ3) is 6.34. The lowest BCUT2D eigenvalue weighted by Crippen LogP contribution is -2.32. The molecule has 0 saturated heterocycles. The maximum Gasteiger partial charge on any atom is 0.337 e. The SMILES string of the molecule is CCCOC(=O)C(C)(C)/N=[P+](\[O-])C(COC(C)Cn1cnc2c(N)ncnc21)c1ccccc1.